The van der Waals surface area contributed by atoms with Crippen LogP contribution >= 0.6 is 0 Å². The van der Waals surface area contributed by atoms with Crippen molar-refractivity contribution in [3.8, 4) is 5.75 Å². The maximum atomic E-state index is 14.4. The average Bonchev–Trinajstić information content (AvgIpc) is 3.06. The van der Waals surface area contributed by atoms with E-state index in [2.05, 4.69) is 10.6 Å². The number of urea groups is 1. The molecule has 3 amide bonds. The molecule has 12 heteroatoms. The van der Waals surface area contributed by atoms with Gasteiger partial charge >= 0.3 is 12.2 Å². The van der Waals surface area contributed by atoms with Crippen LogP contribution in [0.3, 0.4) is 0 Å². The van der Waals surface area contributed by atoms with E-state index in [1.165, 1.54) is 18.6 Å². The summed E-state index contributed by atoms with van der Waals surface area (Å²) in [4.78, 5) is 30.9. The lowest BCUT2D eigenvalue weighted by atomic mass is 9.96. The average molecular weight is 691 g/mol. The Morgan fingerprint density at radius 3 is 2.41 bits per heavy atom. The molecule has 0 radical (unpaired) electrons. The van der Waals surface area contributed by atoms with Crippen molar-refractivity contribution in [2.75, 3.05) is 38.7 Å². The molecule has 3 N–H and O–H groups in total. The molecule has 4 atom stereocenters. The lowest BCUT2D eigenvalue weighted by molar-refractivity contribution is -0.137. The van der Waals surface area contributed by atoms with Crippen molar-refractivity contribution in [2.24, 2.45) is 5.92 Å². The second-order valence-corrected chi connectivity index (χ2v) is 13.8. The van der Waals surface area contributed by atoms with E-state index in [9.17, 15) is 27.9 Å². The molecule has 0 aromatic heterocycles. The highest BCUT2D eigenvalue weighted by Gasteiger charge is 2.32. The van der Waals surface area contributed by atoms with E-state index in [-0.39, 0.29) is 49.3 Å². The lowest BCUT2D eigenvalue weighted by Gasteiger charge is -2.36. The number of aliphatic hydroxyl groups is 1. The van der Waals surface area contributed by atoms with Crippen LogP contribution in [0, 0.1) is 5.92 Å². The number of carbonyl (C=O) groups excluding carboxylic acids is 2. The number of carbonyl (C=O) groups is 2. The second-order valence-electron chi connectivity index (χ2n) is 13.8. The van der Waals surface area contributed by atoms with Gasteiger partial charge in [0.15, 0.2) is 0 Å². The van der Waals surface area contributed by atoms with Gasteiger partial charge in [0, 0.05) is 43.9 Å². The second kappa shape index (κ2) is 18.1. The summed E-state index contributed by atoms with van der Waals surface area (Å²) >= 11 is 0. The Morgan fingerprint density at radius 1 is 1.04 bits per heavy atom. The van der Waals surface area contributed by atoms with Gasteiger partial charge in [0.25, 0.3) is 5.91 Å². The van der Waals surface area contributed by atoms with Gasteiger partial charge in [0.1, 0.15) is 5.75 Å². The van der Waals surface area contributed by atoms with E-state index in [0.29, 0.717) is 36.7 Å². The van der Waals surface area contributed by atoms with Crippen LogP contribution in [0.15, 0.2) is 42.5 Å². The number of hydrogen-bond acceptors (Lipinski definition) is 6. The predicted molar refractivity (Wildman–Crippen MR) is 184 cm³/mol. The van der Waals surface area contributed by atoms with Crippen LogP contribution in [-0.2, 0) is 17.5 Å². The Labute approximate surface area is 288 Å². The van der Waals surface area contributed by atoms with E-state index in [0.717, 1.165) is 62.6 Å². The van der Waals surface area contributed by atoms with E-state index in [1.54, 1.807) is 30.0 Å². The van der Waals surface area contributed by atoms with Crippen LogP contribution in [0.25, 0.3) is 0 Å². The van der Waals surface area contributed by atoms with E-state index >= 15 is 0 Å². The van der Waals surface area contributed by atoms with Crippen molar-refractivity contribution in [1.82, 2.24) is 15.1 Å². The summed E-state index contributed by atoms with van der Waals surface area (Å²) in [5, 5.41) is 16.2. The quantitative estimate of drug-likeness (QED) is 0.274. The first-order chi connectivity index (χ1) is 23.3. The van der Waals surface area contributed by atoms with E-state index in [4.69, 9.17) is 9.47 Å². The summed E-state index contributed by atoms with van der Waals surface area (Å²) in [6, 6.07) is 9.56. The summed E-state index contributed by atoms with van der Waals surface area (Å²) in [5.74, 6) is -0.0812. The van der Waals surface area contributed by atoms with Gasteiger partial charge in [-0.15, -0.1) is 0 Å². The van der Waals surface area contributed by atoms with Gasteiger partial charge in [-0.3, -0.25) is 9.69 Å². The van der Waals surface area contributed by atoms with E-state index in [1.807, 2.05) is 25.8 Å². The molecule has 49 heavy (non-hydrogen) atoms. The Balaban J connectivity index is 1.54. The van der Waals surface area contributed by atoms with Crippen molar-refractivity contribution < 1.29 is 37.3 Å². The van der Waals surface area contributed by atoms with Gasteiger partial charge in [-0.25, -0.2) is 4.79 Å². The first-order valence-electron chi connectivity index (χ1n) is 17.6. The molecule has 1 fully saturated rings. The molecule has 1 aliphatic carbocycles. The van der Waals surface area contributed by atoms with Gasteiger partial charge in [-0.2, -0.15) is 13.2 Å². The summed E-state index contributed by atoms with van der Waals surface area (Å²) in [5.41, 5.74) is 0.825. The number of rotatable bonds is 8. The van der Waals surface area contributed by atoms with Crippen LogP contribution in [0.4, 0.5) is 23.7 Å². The van der Waals surface area contributed by atoms with Gasteiger partial charge in [0.2, 0.25) is 0 Å². The number of ether oxygens (including phenoxy) is 2. The zero-order valence-corrected chi connectivity index (χ0v) is 29.2. The smallest absolute Gasteiger partial charge is 0.416 e. The van der Waals surface area contributed by atoms with Crippen molar-refractivity contribution >= 4 is 17.6 Å². The standard InChI is InChI=1S/C37H53F3N4O5/c1-25-21-44(26(2)24-45)35(46)32-20-31(42-36(47)41-30-11-6-5-7-12-30)17-18-33(32)49-27(3)10-8-9-19-48-34(25)23-43(4)22-28-13-15-29(16-14-28)37(38,39)40/h13-18,20,25-27,30,34,45H,5-12,19,21-24H2,1-4H3,(H2,41,42,47)/t25-,26-,27-,34+/m1/s1. The fourth-order valence-corrected chi connectivity index (χ4v) is 6.54. The lowest BCUT2D eigenvalue weighted by Crippen LogP contribution is -2.47. The molecule has 0 unspecified atom stereocenters. The Bertz CT molecular complexity index is 1350. The maximum absolute atomic E-state index is 14.4. The highest BCUT2D eigenvalue weighted by Crippen LogP contribution is 2.30. The first-order valence-corrected chi connectivity index (χ1v) is 17.6. The maximum Gasteiger partial charge on any atom is 0.416 e. The SMILES string of the molecule is C[C@@H]1CCCCO[C@@H](CN(C)Cc2ccc(C(F)(F)F)cc2)[C@H](C)CN([C@H](C)CO)C(=O)c2cc(NC(=O)NC3CCCCC3)ccc2O1. The molecule has 2 aromatic rings. The number of nitrogens with zero attached hydrogens (tertiary/aromatic N) is 2. The van der Waals surface area contributed by atoms with Crippen LogP contribution < -0.4 is 15.4 Å². The third-order valence-electron chi connectivity index (χ3n) is 9.48. The van der Waals surface area contributed by atoms with Gasteiger partial charge in [-0.05, 0) is 88.9 Å². The normalized spacial score (nSPS) is 22.5. The van der Waals surface area contributed by atoms with Crippen LogP contribution in [0.5, 0.6) is 5.75 Å². The summed E-state index contributed by atoms with van der Waals surface area (Å²) < 4.78 is 51.9. The largest absolute Gasteiger partial charge is 0.490 e. The monoisotopic (exact) mass is 690 g/mol. The molecule has 2 aromatic carbocycles. The molecule has 0 saturated heterocycles. The summed E-state index contributed by atoms with van der Waals surface area (Å²) in [6.45, 7) is 7.17. The highest BCUT2D eigenvalue weighted by molar-refractivity contribution is 5.99. The van der Waals surface area contributed by atoms with Gasteiger partial charge in [-0.1, -0.05) is 38.3 Å². The molecule has 1 heterocycles. The van der Waals surface area contributed by atoms with Crippen LogP contribution in [0.2, 0.25) is 0 Å². The number of nitrogens with one attached hydrogen (secondary N) is 2. The molecule has 1 saturated carbocycles. The Hall–Kier alpha value is -3.35. The van der Waals surface area contributed by atoms with Gasteiger partial charge < -0.3 is 30.1 Å². The molecular formula is C37H53F3N4O5. The Kier molecular flexibility index (Phi) is 14.2. The molecule has 2 aliphatic rings. The molecule has 4 rings (SSSR count). The molecule has 0 spiro atoms. The zero-order valence-electron chi connectivity index (χ0n) is 29.2. The van der Waals surface area contributed by atoms with Crippen molar-refractivity contribution in [2.45, 2.75) is 109 Å². The van der Waals surface area contributed by atoms with E-state index < -0.39 is 17.8 Å². The third-order valence-corrected chi connectivity index (χ3v) is 9.48. The number of amides is 3. The molecule has 1 aliphatic heterocycles. The fourth-order valence-electron chi connectivity index (χ4n) is 6.54. The Morgan fingerprint density at radius 2 is 1.73 bits per heavy atom. The number of benzene rings is 2. The number of anilines is 1. The topological polar surface area (TPSA) is 103 Å². The summed E-state index contributed by atoms with van der Waals surface area (Å²) in [6.07, 6.45) is 2.78. The first kappa shape index (κ1) is 38.5. The van der Waals surface area contributed by atoms with Crippen molar-refractivity contribution in [3.63, 3.8) is 0 Å². The molecule has 272 valence electrons. The number of hydrogen-bond donors (Lipinski definition) is 3. The molecule has 0 bridgehead atoms. The number of fused-ring (bicyclic) bond motifs is 1. The minimum absolute atomic E-state index is 0.128. The van der Waals surface area contributed by atoms with Gasteiger partial charge in [0.05, 0.1) is 36.0 Å². The molecular weight excluding hydrogens is 637 g/mol. The third kappa shape index (κ3) is 11.6. The van der Waals surface area contributed by atoms with Crippen LogP contribution in [0.1, 0.15) is 93.6 Å². The minimum atomic E-state index is -4.39. The number of halogens is 3. The highest BCUT2D eigenvalue weighted by atomic mass is 19.4. The predicted octanol–water partition coefficient (Wildman–Crippen LogP) is 7.09. The number of aliphatic hydroxyl groups excluding tert-OH is 1. The zero-order chi connectivity index (χ0) is 35.6. The number of likely N-dealkylation sites (N-methyl/N-ethyl adjacent to an activating group) is 1. The van der Waals surface area contributed by atoms with Crippen molar-refractivity contribution in [3.05, 3.63) is 59.2 Å². The van der Waals surface area contributed by atoms with Crippen LogP contribution in [-0.4, -0.2) is 84.5 Å². The molecule has 9 nitrogen and oxygen atoms in total. The number of alkyl halides is 3. The minimum Gasteiger partial charge on any atom is -0.490 e. The van der Waals surface area contributed by atoms with Crippen molar-refractivity contribution in [1.29, 1.82) is 0 Å². The summed E-state index contributed by atoms with van der Waals surface area (Å²) in [7, 11) is 1.90. The fraction of sp³-hybridized carbons (Fsp3) is 0.622.